The summed E-state index contributed by atoms with van der Waals surface area (Å²) in [4.78, 5) is 13.0. The number of carbonyl (C=O) groups excluding carboxylic acids is 1. The molecule has 0 radical (unpaired) electrons. The monoisotopic (exact) mass is 320 g/mol. The number of para-hydroxylation sites is 1. The lowest BCUT2D eigenvalue weighted by Gasteiger charge is -2.15. The van der Waals surface area contributed by atoms with Crippen LogP contribution in [0.2, 0.25) is 0 Å². The highest BCUT2D eigenvalue weighted by atomic mass is 19.1. The van der Waals surface area contributed by atoms with Crippen LogP contribution in [0.1, 0.15) is 5.56 Å². The Labute approximate surface area is 133 Å². The summed E-state index contributed by atoms with van der Waals surface area (Å²) in [5.74, 6) is -0.696. The fourth-order valence-corrected chi connectivity index (χ4v) is 1.88. The Morgan fingerprint density at radius 1 is 1.17 bits per heavy atom. The smallest absolute Gasteiger partial charge is 0.259 e. The Balaban J connectivity index is 2.05. The van der Waals surface area contributed by atoms with Crippen LogP contribution in [0.5, 0.6) is 5.75 Å². The second-order valence-corrected chi connectivity index (χ2v) is 5.16. The lowest BCUT2D eigenvalue weighted by molar-refractivity contribution is -0.130. The molecule has 2 aromatic rings. The molecular formula is C17H18F2N2O2. The van der Waals surface area contributed by atoms with Crippen molar-refractivity contribution in [3.8, 4) is 5.75 Å². The molecule has 2 rings (SSSR count). The summed E-state index contributed by atoms with van der Waals surface area (Å²) in [5.41, 5.74) is 0.812. The summed E-state index contributed by atoms with van der Waals surface area (Å²) < 4.78 is 32.3. The number of likely N-dealkylation sites (N-methyl/N-ethyl adjacent to an activating group) is 1. The van der Waals surface area contributed by atoms with Gasteiger partial charge in [0.25, 0.3) is 5.91 Å². The number of carbonyl (C=O) groups is 1. The Kier molecular flexibility index (Phi) is 5.51. The van der Waals surface area contributed by atoms with Gasteiger partial charge in [0, 0.05) is 26.2 Å². The zero-order valence-electron chi connectivity index (χ0n) is 13.0. The molecule has 0 saturated carbocycles. The Morgan fingerprint density at radius 3 is 2.65 bits per heavy atom. The van der Waals surface area contributed by atoms with Crippen molar-refractivity contribution in [1.29, 1.82) is 0 Å². The van der Waals surface area contributed by atoms with E-state index in [-0.39, 0.29) is 24.7 Å². The molecule has 0 aliphatic heterocycles. The molecule has 0 heterocycles. The third-order valence-electron chi connectivity index (χ3n) is 3.22. The van der Waals surface area contributed by atoms with Gasteiger partial charge >= 0.3 is 0 Å². The van der Waals surface area contributed by atoms with Crippen molar-refractivity contribution in [2.75, 3.05) is 26.0 Å². The van der Waals surface area contributed by atoms with E-state index in [0.29, 0.717) is 5.75 Å². The number of hydrogen-bond acceptors (Lipinski definition) is 3. The minimum atomic E-state index is -0.535. The average Bonchev–Trinajstić information content (AvgIpc) is 2.54. The topological polar surface area (TPSA) is 41.6 Å². The molecule has 0 atom stereocenters. The fourth-order valence-electron chi connectivity index (χ4n) is 1.88. The van der Waals surface area contributed by atoms with E-state index in [1.165, 1.54) is 4.90 Å². The van der Waals surface area contributed by atoms with Crippen LogP contribution in [-0.2, 0) is 11.3 Å². The number of nitrogens with one attached hydrogen (secondary N) is 1. The van der Waals surface area contributed by atoms with Crippen LogP contribution in [-0.4, -0.2) is 31.5 Å². The molecule has 0 fully saturated rings. The number of benzene rings is 2. The van der Waals surface area contributed by atoms with Crippen LogP contribution >= 0.6 is 0 Å². The number of amides is 1. The van der Waals surface area contributed by atoms with Crippen molar-refractivity contribution >= 4 is 11.6 Å². The molecule has 6 heteroatoms. The quantitative estimate of drug-likeness (QED) is 0.889. The standard InChI is InChI=1S/C17H18F2N2O2/c1-21(2)17(22)11-23-16-6-4-3-5-12(16)10-20-15-9-13(18)7-8-14(15)19/h3-9,20H,10-11H2,1-2H3. The van der Waals surface area contributed by atoms with Crippen molar-refractivity contribution in [2.45, 2.75) is 6.54 Å². The Bertz CT molecular complexity index is 690. The van der Waals surface area contributed by atoms with Gasteiger partial charge in [-0.2, -0.15) is 0 Å². The molecule has 1 N–H and O–H groups in total. The van der Waals surface area contributed by atoms with E-state index in [2.05, 4.69) is 5.32 Å². The molecule has 0 aliphatic carbocycles. The van der Waals surface area contributed by atoms with E-state index in [0.717, 1.165) is 23.8 Å². The summed E-state index contributed by atoms with van der Waals surface area (Å²) in [6, 6.07) is 10.3. The number of ether oxygens (including phenoxy) is 1. The number of anilines is 1. The first-order valence-corrected chi connectivity index (χ1v) is 7.07. The van der Waals surface area contributed by atoms with Crippen LogP contribution < -0.4 is 10.1 Å². The number of rotatable bonds is 6. The molecule has 0 saturated heterocycles. The van der Waals surface area contributed by atoms with E-state index in [1.54, 1.807) is 38.4 Å². The van der Waals surface area contributed by atoms with Gasteiger partial charge in [-0.05, 0) is 24.3 Å². The molecule has 0 unspecified atom stereocenters. The summed E-state index contributed by atoms with van der Waals surface area (Å²) in [6.07, 6.45) is 0. The highest BCUT2D eigenvalue weighted by Crippen LogP contribution is 2.21. The van der Waals surface area contributed by atoms with Gasteiger partial charge in [0.05, 0.1) is 5.69 Å². The molecule has 0 bridgehead atoms. The second-order valence-electron chi connectivity index (χ2n) is 5.16. The van der Waals surface area contributed by atoms with E-state index in [4.69, 9.17) is 4.74 Å². The van der Waals surface area contributed by atoms with E-state index >= 15 is 0 Å². The molecule has 0 aliphatic rings. The molecular weight excluding hydrogens is 302 g/mol. The van der Waals surface area contributed by atoms with Crippen LogP contribution in [0.25, 0.3) is 0 Å². The van der Waals surface area contributed by atoms with Crippen molar-refractivity contribution in [1.82, 2.24) is 4.90 Å². The van der Waals surface area contributed by atoms with Gasteiger partial charge in [-0.3, -0.25) is 4.79 Å². The summed E-state index contributed by atoms with van der Waals surface area (Å²) in [7, 11) is 3.29. The lowest BCUT2D eigenvalue weighted by atomic mass is 10.2. The number of hydrogen-bond donors (Lipinski definition) is 1. The number of halogens is 2. The maximum Gasteiger partial charge on any atom is 0.259 e. The summed E-state index contributed by atoms with van der Waals surface area (Å²) in [6.45, 7) is 0.158. The normalized spacial score (nSPS) is 10.3. The SMILES string of the molecule is CN(C)C(=O)COc1ccccc1CNc1cc(F)ccc1F. The predicted molar refractivity (Wildman–Crippen MR) is 84.3 cm³/mol. The summed E-state index contributed by atoms with van der Waals surface area (Å²) >= 11 is 0. The van der Waals surface area contributed by atoms with Crippen molar-refractivity contribution < 1.29 is 18.3 Å². The molecule has 1 amide bonds. The van der Waals surface area contributed by atoms with Crippen LogP contribution in [0, 0.1) is 11.6 Å². The largest absolute Gasteiger partial charge is 0.483 e. The van der Waals surface area contributed by atoms with Crippen LogP contribution in [0.4, 0.5) is 14.5 Å². The maximum atomic E-state index is 13.6. The number of nitrogens with zero attached hydrogens (tertiary/aromatic N) is 1. The van der Waals surface area contributed by atoms with Gasteiger partial charge < -0.3 is 15.0 Å². The highest BCUT2D eigenvalue weighted by molar-refractivity contribution is 5.77. The lowest BCUT2D eigenvalue weighted by Crippen LogP contribution is -2.27. The minimum Gasteiger partial charge on any atom is -0.483 e. The first-order chi connectivity index (χ1) is 11.0. The van der Waals surface area contributed by atoms with Crippen molar-refractivity contribution in [2.24, 2.45) is 0 Å². The van der Waals surface area contributed by atoms with Crippen molar-refractivity contribution in [3.63, 3.8) is 0 Å². The molecule has 122 valence electrons. The van der Waals surface area contributed by atoms with Crippen LogP contribution in [0.15, 0.2) is 42.5 Å². The average molecular weight is 320 g/mol. The third-order valence-corrected chi connectivity index (χ3v) is 3.22. The molecule has 2 aromatic carbocycles. The van der Waals surface area contributed by atoms with E-state index in [9.17, 15) is 13.6 Å². The first kappa shape index (κ1) is 16.7. The predicted octanol–water partition coefficient (Wildman–Crippen LogP) is 3.04. The zero-order chi connectivity index (χ0) is 16.8. The van der Waals surface area contributed by atoms with Gasteiger partial charge in [0.15, 0.2) is 6.61 Å². The molecule has 0 aromatic heterocycles. The Hall–Kier alpha value is -2.63. The van der Waals surface area contributed by atoms with E-state index in [1.807, 2.05) is 0 Å². The molecule has 0 spiro atoms. The van der Waals surface area contributed by atoms with E-state index < -0.39 is 11.6 Å². The third kappa shape index (κ3) is 4.67. The summed E-state index contributed by atoms with van der Waals surface area (Å²) in [5, 5.41) is 2.83. The zero-order valence-corrected chi connectivity index (χ0v) is 13.0. The Morgan fingerprint density at radius 2 is 1.91 bits per heavy atom. The van der Waals surface area contributed by atoms with Gasteiger partial charge in [0.1, 0.15) is 17.4 Å². The van der Waals surface area contributed by atoms with Crippen LogP contribution in [0.3, 0.4) is 0 Å². The minimum absolute atomic E-state index is 0.0733. The molecule has 23 heavy (non-hydrogen) atoms. The fraction of sp³-hybridized carbons (Fsp3) is 0.235. The van der Waals surface area contributed by atoms with Gasteiger partial charge in [-0.25, -0.2) is 8.78 Å². The van der Waals surface area contributed by atoms with Gasteiger partial charge in [-0.15, -0.1) is 0 Å². The van der Waals surface area contributed by atoms with Crippen molar-refractivity contribution in [3.05, 3.63) is 59.7 Å². The first-order valence-electron chi connectivity index (χ1n) is 7.07. The van der Waals surface area contributed by atoms with Gasteiger partial charge in [0.2, 0.25) is 0 Å². The van der Waals surface area contributed by atoms with Gasteiger partial charge in [-0.1, -0.05) is 18.2 Å². The maximum absolute atomic E-state index is 13.6. The second kappa shape index (κ2) is 7.58. The molecule has 4 nitrogen and oxygen atoms in total. The highest BCUT2D eigenvalue weighted by Gasteiger charge is 2.09.